The number of hydrogen-bond acceptors (Lipinski definition) is 4. The Kier molecular flexibility index (Phi) is 4.30. The van der Waals surface area contributed by atoms with Crippen LogP contribution >= 0.6 is 11.8 Å². The van der Waals surface area contributed by atoms with Gasteiger partial charge in [0, 0.05) is 4.90 Å². The maximum absolute atomic E-state index is 8.83. The van der Waals surface area contributed by atoms with E-state index in [9.17, 15) is 0 Å². The molecule has 1 rings (SSSR count). The summed E-state index contributed by atoms with van der Waals surface area (Å²) in [6.45, 7) is 0.232. The third-order valence-electron chi connectivity index (χ3n) is 1.65. The van der Waals surface area contributed by atoms with E-state index in [2.05, 4.69) is 6.07 Å². The smallest absolute Gasteiger partial charge is 0.120 e. The highest BCUT2D eigenvalue weighted by atomic mass is 32.2. The van der Waals surface area contributed by atoms with Crippen molar-refractivity contribution in [3.63, 3.8) is 0 Å². The Balaban J connectivity index is 2.86. The molecule has 0 radical (unpaired) electrons. The van der Waals surface area contributed by atoms with E-state index in [1.807, 2.05) is 12.3 Å². The molecule has 0 aliphatic carbocycles. The van der Waals surface area contributed by atoms with Gasteiger partial charge in [0.2, 0.25) is 0 Å². The maximum Gasteiger partial charge on any atom is 0.120 e. The molecule has 4 heteroatoms. The Bertz CT molecular complexity index is 346. The number of nitrogens with zero attached hydrogens (tertiary/aromatic N) is 1. The van der Waals surface area contributed by atoms with Crippen molar-refractivity contribution in [3.8, 4) is 11.8 Å². The molecule has 0 aliphatic heterocycles. The molecule has 74 valence electrons. The van der Waals surface area contributed by atoms with Crippen LogP contribution in [0.25, 0.3) is 0 Å². The summed E-state index contributed by atoms with van der Waals surface area (Å²) in [6.07, 6.45) is 1.92. The molecule has 0 atom stereocenters. The number of nitriles is 1. The normalized spacial score (nSPS) is 9.50. The van der Waals surface area contributed by atoms with Crippen molar-refractivity contribution in [3.05, 3.63) is 23.8 Å². The van der Waals surface area contributed by atoms with Gasteiger partial charge in [0.25, 0.3) is 0 Å². The Morgan fingerprint density at radius 2 is 2.36 bits per heavy atom. The Morgan fingerprint density at radius 1 is 1.57 bits per heavy atom. The van der Waals surface area contributed by atoms with E-state index in [1.165, 1.54) is 11.8 Å². The lowest BCUT2D eigenvalue weighted by molar-refractivity contribution is 0.201. The van der Waals surface area contributed by atoms with Gasteiger partial charge in [-0.05, 0) is 24.5 Å². The topological polar surface area (TPSA) is 53.2 Å². The minimum Gasteiger partial charge on any atom is -0.491 e. The lowest BCUT2D eigenvalue weighted by Gasteiger charge is -2.06. The summed E-state index contributed by atoms with van der Waals surface area (Å²) in [5.41, 5.74) is 0.605. The second-order valence-corrected chi connectivity index (χ2v) is 3.39. The minimum atomic E-state index is -0.0217. The largest absolute Gasteiger partial charge is 0.491 e. The van der Waals surface area contributed by atoms with E-state index in [0.29, 0.717) is 11.3 Å². The average Bonchev–Trinajstić information content (AvgIpc) is 2.25. The van der Waals surface area contributed by atoms with Crippen molar-refractivity contribution in [1.29, 1.82) is 5.26 Å². The molecule has 0 saturated heterocycles. The van der Waals surface area contributed by atoms with Crippen LogP contribution in [0.2, 0.25) is 0 Å². The van der Waals surface area contributed by atoms with Crippen molar-refractivity contribution in [2.45, 2.75) is 4.90 Å². The lowest BCUT2D eigenvalue weighted by atomic mass is 10.2. The standard InChI is InChI=1S/C10H11NO2S/c1-14-10-3-2-9(13-5-4-12)6-8(10)7-11/h2-3,6,12H,4-5H2,1H3. The van der Waals surface area contributed by atoms with Crippen LogP contribution < -0.4 is 4.74 Å². The summed E-state index contributed by atoms with van der Waals surface area (Å²) in [5, 5.41) is 17.4. The van der Waals surface area contributed by atoms with Gasteiger partial charge in [0.15, 0.2) is 0 Å². The van der Waals surface area contributed by atoms with Gasteiger partial charge in [-0.2, -0.15) is 5.26 Å². The molecular weight excluding hydrogens is 198 g/mol. The van der Waals surface area contributed by atoms with Crippen LogP contribution in [0.1, 0.15) is 5.56 Å². The first-order valence-corrected chi connectivity index (χ1v) is 5.36. The zero-order valence-electron chi connectivity index (χ0n) is 7.86. The summed E-state index contributed by atoms with van der Waals surface area (Å²) in [7, 11) is 0. The Labute approximate surface area is 87.3 Å². The fraction of sp³-hybridized carbons (Fsp3) is 0.300. The number of hydrogen-bond donors (Lipinski definition) is 1. The van der Waals surface area contributed by atoms with Crippen LogP contribution in [0.3, 0.4) is 0 Å². The van der Waals surface area contributed by atoms with E-state index in [4.69, 9.17) is 15.1 Å². The molecule has 0 heterocycles. The van der Waals surface area contributed by atoms with Gasteiger partial charge in [0.1, 0.15) is 18.4 Å². The summed E-state index contributed by atoms with van der Waals surface area (Å²) < 4.78 is 5.19. The van der Waals surface area contributed by atoms with E-state index in [0.717, 1.165) is 4.90 Å². The fourth-order valence-electron chi connectivity index (χ4n) is 1.03. The summed E-state index contributed by atoms with van der Waals surface area (Å²) in [6, 6.07) is 7.42. The van der Waals surface area contributed by atoms with Gasteiger partial charge in [0.05, 0.1) is 12.2 Å². The molecule has 14 heavy (non-hydrogen) atoms. The number of rotatable bonds is 4. The zero-order chi connectivity index (χ0) is 10.4. The van der Waals surface area contributed by atoms with Crippen molar-refractivity contribution in [2.75, 3.05) is 19.5 Å². The highest BCUT2D eigenvalue weighted by molar-refractivity contribution is 7.98. The van der Waals surface area contributed by atoms with Crippen LogP contribution in [-0.2, 0) is 0 Å². The maximum atomic E-state index is 8.83. The number of aliphatic hydroxyl groups is 1. The van der Waals surface area contributed by atoms with Gasteiger partial charge in [-0.15, -0.1) is 11.8 Å². The van der Waals surface area contributed by atoms with Gasteiger partial charge in [-0.25, -0.2) is 0 Å². The van der Waals surface area contributed by atoms with Gasteiger partial charge in [-0.3, -0.25) is 0 Å². The highest BCUT2D eigenvalue weighted by Crippen LogP contribution is 2.24. The second kappa shape index (κ2) is 5.53. The molecule has 0 bridgehead atoms. The molecule has 1 aromatic rings. The van der Waals surface area contributed by atoms with Crippen molar-refractivity contribution >= 4 is 11.8 Å². The quantitative estimate of drug-likeness (QED) is 0.766. The van der Waals surface area contributed by atoms with Gasteiger partial charge in [-0.1, -0.05) is 0 Å². The predicted molar refractivity (Wildman–Crippen MR) is 55.5 cm³/mol. The fourth-order valence-corrected chi connectivity index (χ4v) is 1.56. The number of ether oxygens (including phenoxy) is 1. The predicted octanol–water partition coefficient (Wildman–Crippen LogP) is 1.65. The molecule has 0 amide bonds. The molecule has 3 nitrogen and oxygen atoms in total. The van der Waals surface area contributed by atoms with Crippen LogP contribution in [0, 0.1) is 11.3 Å². The summed E-state index contributed by atoms with van der Waals surface area (Å²) in [4.78, 5) is 0.934. The third-order valence-corrected chi connectivity index (χ3v) is 2.45. The van der Waals surface area contributed by atoms with Crippen LogP contribution in [0.5, 0.6) is 5.75 Å². The van der Waals surface area contributed by atoms with Crippen LogP contribution in [-0.4, -0.2) is 24.6 Å². The van der Waals surface area contributed by atoms with Gasteiger partial charge < -0.3 is 9.84 Å². The first kappa shape index (κ1) is 10.9. The summed E-state index contributed by atoms with van der Waals surface area (Å²) >= 11 is 1.53. The monoisotopic (exact) mass is 209 g/mol. The molecule has 1 N–H and O–H groups in total. The number of thioether (sulfide) groups is 1. The van der Waals surface area contributed by atoms with E-state index in [-0.39, 0.29) is 13.2 Å². The van der Waals surface area contributed by atoms with E-state index < -0.39 is 0 Å². The average molecular weight is 209 g/mol. The molecule has 0 unspecified atom stereocenters. The molecule has 0 fully saturated rings. The zero-order valence-corrected chi connectivity index (χ0v) is 8.67. The Morgan fingerprint density at radius 3 is 2.93 bits per heavy atom. The molecule has 0 spiro atoms. The van der Waals surface area contributed by atoms with Crippen molar-refractivity contribution < 1.29 is 9.84 Å². The van der Waals surface area contributed by atoms with Gasteiger partial charge >= 0.3 is 0 Å². The minimum absolute atomic E-state index is 0.0217. The molecule has 0 aromatic heterocycles. The second-order valence-electron chi connectivity index (χ2n) is 2.55. The van der Waals surface area contributed by atoms with Crippen LogP contribution in [0.4, 0.5) is 0 Å². The first-order valence-electron chi connectivity index (χ1n) is 4.13. The van der Waals surface area contributed by atoms with Crippen molar-refractivity contribution in [1.82, 2.24) is 0 Å². The van der Waals surface area contributed by atoms with Crippen molar-refractivity contribution in [2.24, 2.45) is 0 Å². The van der Waals surface area contributed by atoms with E-state index >= 15 is 0 Å². The van der Waals surface area contributed by atoms with Crippen LogP contribution in [0.15, 0.2) is 23.1 Å². The molecule has 0 saturated carbocycles. The first-order chi connectivity index (χ1) is 6.81. The SMILES string of the molecule is CSc1ccc(OCCO)cc1C#N. The highest BCUT2D eigenvalue weighted by Gasteiger charge is 2.02. The van der Waals surface area contributed by atoms with E-state index in [1.54, 1.807) is 12.1 Å². The Hall–Kier alpha value is -1.18. The number of aliphatic hydroxyl groups excluding tert-OH is 1. The molecule has 1 aromatic carbocycles. The lowest BCUT2D eigenvalue weighted by Crippen LogP contribution is -2.01. The molecule has 0 aliphatic rings. The third kappa shape index (κ3) is 2.66. The summed E-state index contributed by atoms with van der Waals surface area (Å²) in [5.74, 6) is 0.619. The molecular formula is C10H11NO2S. The number of benzene rings is 1.